The Hall–Kier alpha value is -5.77. The van der Waals surface area contributed by atoms with Crippen LogP contribution in [0, 0.1) is 30.6 Å². The highest BCUT2D eigenvalue weighted by atomic mass is 16.7. The van der Waals surface area contributed by atoms with Crippen LogP contribution in [-0.4, -0.2) is 80.4 Å². The molecule has 0 saturated heterocycles. The van der Waals surface area contributed by atoms with Crippen molar-refractivity contribution in [3.63, 3.8) is 0 Å². The molecule has 4 bridgehead atoms. The number of aliphatic hydroxyl groups is 2. The number of methoxy groups -OCH3 is 1. The van der Waals surface area contributed by atoms with Gasteiger partial charge in [-0.1, -0.05) is 52.0 Å². The highest BCUT2D eigenvalue weighted by Gasteiger charge is 2.50. The number of aromatic hydroxyl groups is 2. The molecule has 4 aliphatic rings. The lowest BCUT2D eigenvalue weighted by atomic mass is 9.78. The van der Waals surface area contributed by atoms with Crippen molar-refractivity contribution in [1.82, 2.24) is 4.98 Å². The molecular formula is C43H48N2O13. The molecule has 0 fully saturated rings. The Morgan fingerprint density at radius 3 is 2.34 bits per heavy atom. The lowest BCUT2D eigenvalue weighted by Crippen LogP contribution is -2.46. The number of esters is 1. The number of phenols is 2. The molecule has 15 heteroatoms. The molecule has 0 radical (unpaired) electrons. The van der Waals surface area contributed by atoms with Gasteiger partial charge in [0.1, 0.15) is 40.3 Å². The molecule has 1 amide bonds. The number of phenolic OH excluding ortho intramolecular Hbond substituents is 2. The summed E-state index contributed by atoms with van der Waals surface area (Å²) in [6, 6.07) is 4.37. The van der Waals surface area contributed by atoms with Gasteiger partial charge in [-0.05, 0) is 32.1 Å². The minimum Gasteiger partial charge on any atom is -0.507 e. The average molecular weight is 801 g/mol. The highest BCUT2D eigenvalue weighted by molar-refractivity contribution is 6.22. The number of allylic oxidation sites excluding steroid dienone is 2. The smallest absolute Gasteiger partial charge is 0.312 e. The molecule has 3 heterocycles. The maximum Gasteiger partial charge on any atom is 0.312 e. The SMILES string of the molecule is CO[C@H]1/C=C/O[C@@]2(C)Oc3c(C)c(O)c4c(=O)c(c5oc6cccc(O)c6nc-5c4c3C2=O)NC(=O)/C(C)=C\C=C\[C@H](C)[C@H](O)[C@@H](C)[C@@H](O)[C@@H](C)[C@H](OC(C)=O)[C@@H]1C. The van der Waals surface area contributed by atoms with Crippen molar-refractivity contribution in [2.24, 2.45) is 23.7 Å². The number of nitrogens with zero attached hydrogens (tertiary/aromatic N) is 1. The number of aliphatic hydroxyl groups excluding tert-OH is 2. The molecule has 58 heavy (non-hydrogen) atoms. The van der Waals surface area contributed by atoms with Gasteiger partial charge in [-0.2, -0.15) is 0 Å². The van der Waals surface area contributed by atoms with Gasteiger partial charge >= 0.3 is 11.8 Å². The number of ketones is 1. The van der Waals surface area contributed by atoms with Gasteiger partial charge < -0.3 is 49.1 Å². The van der Waals surface area contributed by atoms with Crippen LogP contribution in [-0.2, 0) is 23.8 Å². The van der Waals surface area contributed by atoms with E-state index in [1.54, 1.807) is 39.8 Å². The van der Waals surface area contributed by atoms with E-state index in [9.17, 15) is 39.6 Å². The van der Waals surface area contributed by atoms with Crippen molar-refractivity contribution in [3.8, 4) is 28.7 Å². The number of para-hydroxylation sites is 1. The molecule has 2 aromatic carbocycles. The number of nitrogens with one attached hydrogen (secondary N) is 1. The topological polar surface area (TPSA) is 224 Å². The Balaban J connectivity index is 1.59. The number of rotatable bonds is 2. The van der Waals surface area contributed by atoms with E-state index >= 15 is 0 Å². The van der Waals surface area contributed by atoms with Crippen LogP contribution < -0.4 is 15.5 Å². The zero-order valence-corrected chi connectivity index (χ0v) is 33.6. The zero-order chi connectivity index (χ0) is 42.5. The van der Waals surface area contributed by atoms with Gasteiger partial charge in [0.2, 0.25) is 5.43 Å². The maximum absolute atomic E-state index is 14.5. The number of hydrogen-bond donors (Lipinski definition) is 5. The summed E-state index contributed by atoms with van der Waals surface area (Å²) in [5.41, 5.74) is -1.38. The van der Waals surface area contributed by atoms with E-state index in [1.165, 1.54) is 71.4 Å². The van der Waals surface area contributed by atoms with Crippen molar-refractivity contribution in [2.75, 3.05) is 12.4 Å². The number of amides is 1. The second kappa shape index (κ2) is 15.9. The molecular weight excluding hydrogens is 752 g/mol. The van der Waals surface area contributed by atoms with Crippen LogP contribution in [0.1, 0.15) is 64.4 Å². The van der Waals surface area contributed by atoms with Crippen molar-refractivity contribution in [2.45, 2.75) is 85.6 Å². The molecule has 308 valence electrons. The van der Waals surface area contributed by atoms with E-state index in [4.69, 9.17) is 23.4 Å². The third kappa shape index (κ3) is 7.18. The summed E-state index contributed by atoms with van der Waals surface area (Å²) >= 11 is 0. The number of Topliss-reactive ketones (excluding diaryl/α,β-unsaturated/α-hetero) is 1. The lowest BCUT2D eigenvalue weighted by molar-refractivity contribution is -0.160. The van der Waals surface area contributed by atoms with Crippen molar-refractivity contribution >= 4 is 45.2 Å². The molecule has 0 aromatic heterocycles. The fourth-order valence-corrected chi connectivity index (χ4v) is 7.81. The molecule has 2 aromatic rings. The first-order chi connectivity index (χ1) is 27.3. The van der Waals surface area contributed by atoms with Gasteiger partial charge in [-0.3, -0.25) is 19.2 Å². The Labute approximate surface area is 333 Å². The number of ether oxygens (including phenoxy) is 4. The normalized spacial score (nSPS) is 30.4. The molecule has 15 nitrogen and oxygen atoms in total. The quantitative estimate of drug-likeness (QED) is 0.0939. The number of benzene rings is 3. The van der Waals surface area contributed by atoms with E-state index in [1.807, 2.05) is 0 Å². The molecule has 0 spiro atoms. The predicted octanol–water partition coefficient (Wildman–Crippen LogP) is 5.65. The van der Waals surface area contributed by atoms with Crippen LogP contribution in [0.5, 0.6) is 17.2 Å². The monoisotopic (exact) mass is 800 g/mol. The average Bonchev–Trinajstić information content (AvgIpc) is 3.45. The van der Waals surface area contributed by atoms with Gasteiger partial charge in [0.25, 0.3) is 11.7 Å². The number of anilines is 1. The van der Waals surface area contributed by atoms with E-state index in [2.05, 4.69) is 10.3 Å². The fourth-order valence-electron chi connectivity index (χ4n) is 7.81. The Morgan fingerprint density at radius 2 is 1.67 bits per heavy atom. The fraction of sp³-hybridized carbons (Fsp3) is 0.419. The van der Waals surface area contributed by atoms with Crippen LogP contribution in [0.4, 0.5) is 5.69 Å². The van der Waals surface area contributed by atoms with Gasteiger partial charge in [-0.15, -0.1) is 0 Å². The molecule has 5 N–H and O–H groups in total. The summed E-state index contributed by atoms with van der Waals surface area (Å²) in [4.78, 5) is 59.7. The summed E-state index contributed by atoms with van der Waals surface area (Å²) in [6.45, 7) is 12.4. The lowest BCUT2D eigenvalue weighted by Gasteiger charge is -2.38. The van der Waals surface area contributed by atoms with Gasteiger partial charge in [0.15, 0.2) is 11.3 Å². The summed E-state index contributed by atoms with van der Waals surface area (Å²) in [7, 11) is 1.43. The van der Waals surface area contributed by atoms with Crippen LogP contribution in [0.25, 0.3) is 33.3 Å². The van der Waals surface area contributed by atoms with Gasteiger partial charge in [0, 0.05) is 61.2 Å². The van der Waals surface area contributed by atoms with Crippen molar-refractivity contribution in [3.05, 3.63) is 75.7 Å². The van der Waals surface area contributed by atoms with E-state index in [-0.39, 0.29) is 67.2 Å². The summed E-state index contributed by atoms with van der Waals surface area (Å²) in [5, 5.41) is 47.3. The minimum atomic E-state index is -2.06. The van der Waals surface area contributed by atoms with Crippen molar-refractivity contribution in [1.29, 1.82) is 0 Å². The second-order valence-electron chi connectivity index (χ2n) is 15.4. The Morgan fingerprint density at radius 1 is 0.966 bits per heavy atom. The molecule has 6 rings (SSSR count). The van der Waals surface area contributed by atoms with Gasteiger partial charge in [0.05, 0.1) is 35.5 Å². The van der Waals surface area contributed by atoms with Gasteiger partial charge in [-0.25, -0.2) is 4.98 Å². The first-order valence-electron chi connectivity index (χ1n) is 18.9. The third-order valence-corrected chi connectivity index (χ3v) is 11.3. The third-order valence-electron chi connectivity index (χ3n) is 11.3. The highest BCUT2D eigenvalue weighted by Crippen LogP contribution is 2.50. The molecule has 9 atom stereocenters. The number of hydrogen-bond acceptors (Lipinski definition) is 14. The number of aromatic nitrogens is 1. The number of carbonyl (C=O) groups excluding carboxylic acids is 3. The van der Waals surface area contributed by atoms with Crippen LogP contribution in [0.2, 0.25) is 0 Å². The summed E-state index contributed by atoms with van der Waals surface area (Å²) in [6.07, 6.45) is 3.44. The van der Waals surface area contributed by atoms with Crippen LogP contribution in [0.3, 0.4) is 0 Å². The van der Waals surface area contributed by atoms with E-state index in [0.717, 1.165) is 0 Å². The molecule has 0 unspecified atom stereocenters. The first kappa shape index (κ1) is 41.9. The zero-order valence-electron chi connectivity index (χ0n) is 33.6. The minimum absolute atomic E-state index is 0.0250. The number of fused-ring (bicyclic) bond motifs is 2. The standard InChI is InChI=1S/C43H48N2O13/c1-18-12-10-13-19(2)42(53)45-33-37(51)29-28(32-40(33)57-27-15-11-14-25(47)31(27)44-32)30-39(23(6)36(29)50)58-43(8,41(30)52)55-17-16-26(54-9)20(3)38(56-24(7)46)22(5)35(49)21(4)34(18)48/h10-18,20-22,26,34-35,38,47-50H,1-9H3,(H,45,53)/b12-10+,17-16+,19-13-/t18-,20+,21+,22+,26-,34-,35+,38+,43-/m0/s1. The second-order valence-corrected chi connectivity index (χ2v) is 15.4. The Bertz CT molecular complexity index is 2430. The first-order valence-corrected chi connectivity index (χ1v) is 18.9. The molecule has 0 saturated carbocycles. The maximum atomic E-state index is 14.5. The van der Waals surface area contributed by atoms with Crippen LogP contribution >= 0.6 is 0 Å². The predicted molar refractivity (Wildman–Crippen MR) is 213 cm³/mol. The Kier molecular flexibility index (Phi) is 11.5. The van der Waals surface area contributed by atoms with E-state index in [0.29, 0.717) is 0 Å². The number of carbonyl (C=O) groups is 3. The van der Waals surface area contributed by atoms with Crippen LogP contribution in [0.15, 0.2) is 63.6 Å². The summed E-state index contributed by atoms with van der Waals surface area (Å²) < 4.78 is 29.8. The largest absolute Gasteiger partial charge is 0.507 e. The van der Waals surface area contributed by atoms with E-state index < -0.39 is 82.7 Å². The summed E-state index contributed by atoms with van der Waals surface area (Å²) in [5.74, 6) is -7.82. The molecule has 1 aliphatic carbocycles. The van der Waals surface area contributed by atoms with Crippen molar-refractivity contribution < 1.29 is 58.2 Å². The molecule has 3 aliphatic heterocycles.